The van der Waals surface area contributed by atoms with Crippen molar-refractivity contribution in [3.05, 3.63) is 35.4 Å². The summed E-state index contributed by atoms with van der Waals surface area (Å²) < 4.78 is 44.0. The fraction of sp³-hybridized carbons (Fsp3) is 0.333. The van der Waals surface area contributed by atoms with Crippen LogP contribution in [0.15, 0.2) is 18.2 Å². The van der Waals surface area contributed by atoms with Crippen molar-refractivity contribution < 1.29 is 27.5 Å². The Morgan fingerprint density at radius 1 is 1.22 bits per heavy atom. The van der Waals surface area contributed by atoms with E-state index in [4.69, 9.17) is 0 Å². The van der Waals surface area contributed by atoms with Gasteiger partial charge >= 0.3 is 5.97 Å². The summed E-state index contributed by atoms with van der Waals surface area (Å²) in [6, 6.07) is 2.73. The molecule has 0 saturated carbocycles. The van der Waals surface area contributed by atoms with E-state index in [1.54, 1.807) is 0 Å². The Morgan fingerprint density at radius 3 is 2.39 bits per heavy atom. The molecule has 0 aliphatic heterocycles. The predicted molar refractivity (Wildman–Crippen MR) is 56.8 cm³/mol. The molecule has 1 aromatic carbocycles. The van der Waals surface area contributed by atoms with Crippen LogP contribution in [0.3, 0.4) is 0 Å². The number of ketones is 1. The molecule has 18 heavy (non-hydrogen) atoms. The Morgan fingerprint density at radius 2 is 1.83 bits per heavy atom. The minimum Gasteiger partial charge on any atom is -0.460 e. The molecule has 1 unspecified atom stereocenters. The lowest BCUT2D eigenvalue weighted by Gasteiger charge is -2.11. The van der Waals surface area contributed by atoms with Crippen LogP contribution in [0, 0.1) is 11.6 Å². The normalized spacial score (nSPS) is 12.3. The first kappa shape index (κ1) is 14.2. The molecule has 1 aromatic rings. The van der Waals surface area contributed by atoms with Crippen LogP contribution >= 0.6 is 0 Å². The van der Waals surface area contributed by atoms with Gasteiger partial charge in [-0.15, -0.1) is 0 Å². The predicted octanol–water partition coefficient (Wildman–Crippen LogP) is 2.44. The minimum atomic E-state index is -2.66. The highest BCUT2D eigenvalue weighted by Gasteiger charge is 2.31. The maximum atomic E-state index is 13.4. The molecule has 0 heterocycles. The smallest absolute Gasteiger partial charge is 0.349 e. The Bertz CT molecular complexity index is 472. The molecule has 3 nitrogen and oxygen atoms in total. The molecule has 1 atom stereocenters. The highest BCUT2D eigenvalue weighted by Crippen LogP contribution is 2.15. The van der Waals surface area contributed by atoms with E-state index in [-0.39, 0.29) is 0 Å². The van der Waals surface area contributed by atoms with Crippen molar-refractivity contribution in [2.45, 2.75) is 26.1 Å². The van der Waals surface area contributed by atoms with E-state index in [0.29, 0.717) is 0 Å². The van der Waals surface area contributed by atoms with Crippen LogP contribution in [0.2, 0.25) is 0 Å². The quantitative estimate of drug-likeness (QED) is 0.474. The molecule has 0 aliphatic rings. The average molecular weight is 260 g/mol. The molecule has 0 radical (unpaired) electrons. The zero-order valence-electron chi connectivity index (χ0n) is 9.75. The Hall–Kier alpha value is -1.85. The lowest BCUT2D eigenvalue weighted by molar-refractivity contribution is -0.151. The summed E-state index contributed by atoms with van der Waals surface area (Å²) in [5, 5.41) is 0. The minimum absolute atomic E-state index is 0.610. The molecule has 0 amide bonds. The molecular weight excluding hydrogens is 249 g/mol. The second-order valence-corrected chi connectivity index (χ2v) is 3.81. The Balaban J connectivity index is 2.93. The van der Waals surface area contributed by atoms with Crippen molar-refractivity contribution in [1.29, 1.82) is 0 Å². The lowest BCUT2D eigenvalue weighted by Crippen LogP contribution is -2.30. The van der Waals surface area contributed by atoms with Gasteiger partial charge in [-0.05, 0) is 26.0 Å². The fourth-order valence-electron chi connectivity index (χ4n) is 1.23. The van der Waals surface area contributed by atoms with Gasteiger partial charge in [0.1, 0.15) is 0 Å². The zero-order chi connectivity index (χ0) is 13.9. The van der Waals surface area contributed by atoms with Crippen LogP contribution in [-0.4, -0.2) is 24.0 Å². The molecule has 98 valence electrons. The number of carbonyl (C=O) groups is 2. The summed E-state index contributed by atoms with van der Waals surface area (Å²) in [6.07, 6.45) is -3.27. The van der Waals surface area contributed by atoms with Crippen molar-refractivity contribution in [3.8, 4) is 0 Å². The van der Waals surface area contributed by atoms with Crippen LogP contribution in [0.5, 0.6) is 0 Å². The first-order valence-corrected chi connectivity index (χ1v) is 5.17. The number of ether oxygens (including phenoxy) is 1. The van der Waals surface area contributed by atoms with Gasteiger partial charge in [0.2, 0.25) is 5.78 Å². The van der Waals surface area contributed by atoms with Gasteiger partial charge in [-0.25, -0.2) is 18.0 Å². The molecule has 0 saturated heterocycles. The number of alkyl halides is 1. The maximum absolute atomic E-state index is 13.4. The van der Waals surface area contributed by atoms with Gasteiger partial charge in [0.05, 0.1) is 11.7 Å². The molecule has 0 fully saturated rings. The second kappa shape index (κ2) is 5.66. The van der Waals surface area contributed by atoms with Crippen LogP contribution in [0.1, 0.15) is 24.2 Å². The van der Waals surface area contributed by atoms with Crippen LogP contribution in [0.4, 0.5) is 13.2 Å². The number of esters is 1. The first-order valence-electron chi connectivity index (χ1n) is 5.17. The van der Waals surface area contributed by atoms with Crippen LogP contribution in [-0.2, 0) is 9.53 Å². The third-order valence-electron chi connectivity index (χ3n) is 2.01. The highest BCUT2D eigenvalue weighted by atomic mass is 19.2. The number of carbonyl (C=O) groups excluding carboxylic acids is 2. The van der Waals surface area contributed by atoms with E-state index in [9.17, 15) is 22.8 Å². The van der Waals surface area contributed by atoms with E-state index in [0.717, 1.165) is 18.2 Å². The summed E-state index contributed by atoms with van der Waals surface area (Å²) in [5.41, 5.74) is -0.816. The van der Waals surface area contributed by atoms with Gasteiger partial charge in [0.25, 0.3) is 6.17 Å². The molecule has 0 aromatic heterocycles. The molecule has 0 bridgehead atoms. The molecule has 6 heteroatoms. The van der Waals surface area contributed by atoms with Gasteiger partial charge in [-0.1, -0.05) is 6.07 Å². The molecule has 0 spiro atoms. The standard InChI is InChI=1S/C12H11F3O3/c1-6(2)18-12(17)10(15)11(16)7-4-3-5-8(13)9(7)14/h3-6,10H,1-2H3. The fourth-order valence-corrected chi connectivity index (χ4v) is 1.23. The molecule has 1 rings (SSSR count). The Kier molecular flexibility index (Phi) is 4.47. The molecule has 0 N–H and O–H groups in total. The average Bonchev–Trinajstić information content (AvgIpc) is 2.30. The van der Waals surface area contributed by atoms with Crippen molar-refractivity contribution >= 4 is 11.8 Å². The first-order chi connectivity index (χ1) is 8.34. The summed E-state index contributed by atoms with van der Waals surface area (Å²) in [7, 11) is 0. The lowest BCUT2D eigenvalue weighted by atomic mass is 10.1. The van der Waals surface area contributed by atoms with Crippen molar-refractivity contribution in [1.82, 2.24) is 0 Å². The third kappa shape index (κ3) is 3.09. The maximum Gasteiger partial charge on any atom is 0.349 e. The summed E-state index contributed by atoms with van der Waals surface area (Å²) in [6.45, 7) is 2.94. The van der Waals surface area contributed by atoms with Gasteiger partial charge < -0.3 is 4.74 Å². The monoisotopic (exact) mass is 260 g/mol. The van der Waals surface area contributed by atoms with E-state index >= 15 is 0 Å². The summed E-state index contributed by atoms with van der Waals surface area (Å²) in [4.78, 5) is 22.6. The van der Waals surface area contributed by atoms with Crippen molar-refractivity contribution in [2.24, 2.45) is 0 Å². The summed E-state index contributed by atoms with van der Waals surface area (Å²) >= 11 is 0. The molecule has 0 aliphatic carbocycles. The van der Waals surface area contributed by atoms with E-state index < -0.39 is 41.2 Å². The van der Waals surface area contributed by atoms with Crippen molar-refractivity contribution in [2.75, 3.05) is 0 Å². The number of Topliss-reactive ketones (excluding diaryl/α,β-unsaturated/α-hetero) is 1. The number of benzene rings is 1. The van der Waals surface area contributed by atoms with Gasteiger partial charge in [0.15, 0.2) is 11.6 Å². The second-order valence-electron chi connectivity index (χ2n) is 3.81. The number of hydrogen-bond donors (Lipinski definition) is 0. The zero-order valence-corrected chi connectivity index (χ0v) is 9.75. The van der Waals surface area contributed by atoms with Crippen LogP contribution in [0.25, 0.3) is 0 Å². The van der Waals surface area contributed by atoms with E-state index in [2.05, 4.69) is 4.74 Å². The SMILES string of the molecule is CC(C)OC(=O)C(F)C(=O)c1cccc(F)c1F. The Labute approximate surface area is 102 Å². The topological polar surface area (TPSA) is 43.4 Å². The van der Waals surface area contributed by atoms with E-state index in [1.807, 2.05) is 0 Å². The highest BCUT2D eigenvalue weighted by molar-refractivity contribution is 6.11. The number of rotatable bonds is 4. The third-order valence-corrected chi connectivity index (χ3v) is 2.01. The van der Waals surface area contributed by atoms with Crippen LogP contribution < -0.4 is 0 Å². The summed E-state index contributed by atoms with van der Waals surface area (Å²) in [5.74, 6) is -5.65. The molecular formula is C12H11F3O3. The van der Waals surface area contributed by atoms with Gasteiger partial charge in [-0.2, -0.15) is 0 Å². The number of hydrogen-bond acceptors (Lipinski definition) is 3. The van der Waals surface area contributed by atoms with Crippen molar-refractivity contribution in [3.63, 3.8) is 0 Å². The van der Waals surface area contributed by atoms with Gasteiger partial charge in [0, 0.05) is 0 Å². The largest absolute Gasteiger partial charge is 0.460 e. The van der Waals surface area contributed by atoms with Gasteiger partial charge in [-0.3, -0.25) is 4.79 Å². The number of halogens is 3. The van der Waals surface area contributed by atoms with E-state index in [1.165, 1.54) is 13.8 Å².